The van der Waals surface area contributed by atoms with Crippen LogP contribution in [0.5, 0.6) is 5.88 Å². The van der Waals surface area contributed by atoms with Crippen molar-refractivity contribution in [2.75, 3.05) is 25.5 Å². The van der Waals surface area contributed by atoms with Crippen LogP contribution in [0.15, 0.2) is 18.3 Å². The van der Waals surface area contributed by atoms with Gasteiger partial charge in [-0.2, -0.15) is 0 Å². The Labute approximate surface area is 102 Å². The molecule has 2 heterocycles. The summed E-state index contributed by atoms with van der Waals surface area (Å²) in [7, 11) is 1.65. The lowest BCUT2D eigenvalue weighted by atomic mass is 10.2. The van der Waals surface area contributed by atoms with Gasteiger partial charge >= 0.3 is 0 Å². The lowest BCUT2D eigenvalue weighted by Gasteiger charge is -2.16. The van der Waals surface area contributed by atoms with Gasteiger partial charge < -0.3 is 10.1 Å². The zero-order valence-electron chi connectivity index (χ0n) is 10.2. The zero-order chi connectivity index (χ0) is 11.7. The number of methoxy groups -OCH3 is 1. The van der Waals surface area contributed by atoms with E-state index in [4.69, 9.17) is 4.74 Å². The van der Waals surface area contributed by atoms with E-state index >= 15 is 0 Å². The van der Waals surface area contributed by atoms with Crippen molar-refractivity contribution in [2.45, 2.75) is 31.3 Å². The van der Waals surface area contributed by atoms with E-state index in [9.17, 15) is 0 Å². The minimum absolute atomic E-state index is 0.572. The molecule has 1 aliphatic carbocycles. The molecular formula is C13H19N3O. The SMILES string of the molecule is COc1cc(NC2CCN(C3CC3)C2)ccn1. The van der Waals surface area contributed by atoms with Crippen molar-refractivity contribution in [3.05, 3.63) is 18.3 Å². The van der Waals surface area contributed by atoms with Crippen molar-refractivity contribution >= 4 is 5.69 Å². The molecule has 4 heteroatoms. The molecule has 2 aliphatic rings. The van der Waals surface area contributed by atoms with Crippen LogP contribution in [0.3, 0.4) is 0 Å². The number of hydrogen-bond donors (Lipinski definition) is 1. The van der Waals surface area contributed by atoms with E-state index in [0.717, 1.165) is 11.7 Å². The van der Waals surface area contributed by atoms with Gasteiger partial charge in [0.15, 0.2) is 0 Å². The first kappa shape index (κ1) is 10.8. The van der Waals surface area contributed by atoms with E-state index in [1.165, 1.54) is 32.4 Å². The number of ether oxygens (including phenoxy) is 1. The van der Waals surface area contributed by atoms with Gasteiger partial charge in [-0.3, -0.25) is 4.90 Å². The Balaban J connectivity index is 1.59. The van der Waals surface area contributed by atoms with Crippen molar-refractivity contribution in [3.8, 4) is 5.88 Å². The molecule has 0 amide bonds. The molecule has 1 aromatic rings. The van der Waals surface area contributed by atoms with Crippen LogP contribution in [0.25, 0.3) is 0 Å². The normalized spacial score (nSPS) is 24.9. The molecule has 0 bridgehead atoms. The molecule has 0 radical (unpaired) electrons. The molecule has 1 N–H and O–H groups in total. The minimum atomic E-state index is 0.572. The average molecular weight is 233 g/mol. The number of aromatic nitrogens is 1. The average Bonchev–Trinajstić information content (AvgIpc) is 3.11. The van der Waals surface area contributed by atoms with Crippen molar-refractivity contribution < 1.29 is 4.74 Å². The number of anilines is 1. The van der Waals surface area contributed by atoms with E-state index in [1.807, 2.05) is 12.1 Å². The first-order valence-electron chi connectivity index (χ1n) is 6.36. The summed E-state index contributed by atoms with van der Waals surface area (Å²) < 4.78 is 5.13. The molecule has 1 aromatic heterocycles. The summed E-state index contributed by atoms with van der Waals surface area (Å²) >= 11 is 0. The van der Waals surface area contributed by atoms with Crippen molar-refractivity contribution in [3.63, 3.8) is 0 Å². The molecule has 4 nitrogen and oxygen atoms in total. The molecular weight excluding hydrogens is 214 g/mol. The van der Waals surface area contributed by atoms with Crippen LogP contribution in [0.4, 0.5) is 5.69 Å². The van der Waals surface area contributed by atoms with E-state index in [-0.39, 0.29) is 0 Å². The third-order valence-electron chi connectivity index (χ3n) is 3.60. The Bertz CT molecular complexity index is 392. The fraction of sp³-hybridized carbons (Fsp3) is 0.615. The second-order valence-electron chi connectivity index (χ2n) is 4.94. The lowest BCUT2D eigenvalue weighted by Crippen LogP contribution is -2.27. The molecule has 2 fully saturated rings. The first-order valence-corrected chi connectivity index (χ1v) is 6.36. The topological polar surface area (TPSA) is 37.4 Å². The summed E-state index contributed by atoms with van der Waals surface area (Å²) in [6.07, 6.45) is 5.82. The van der Waals surface area contributed by atoms with E-state index in [1.54, 1.807) is 13.3 Å². The number of hydrogen-bond acceptors (Lipinski definition) is 4. The summed E-state index contributed by atoms with van der Waals surface area (Å²) in [5.41, 5.74) is 1.11. The number of nitrogens with zero attached hydrogens (tertiary/aromatic N) is 2. The van der Waals surface area contributed by atoms with Gasteiger partial charge in [-0.25, -0.2) is 4.98 Å². The van der Waals surface area contributed by atoms with Crippen LogP contribution < -0.4 is 10.1 Å². The Morgan fingerprint density at radius 1 is 1.41 bits per heavy atom. The van der Waals surface area contributed by atoms with Crippen molar-refractivity contribution in [1.29, 1.82) is 0 Å². The number of likely N-dealkylation sites (tertiary alicyclic amines) is 1. The van der Waals surface area contributed by atoms with Crippen LogP contribution in [-0.4, -0.2) is 42.2 Å². The molecule has 1 saturated heterocycles. The number of pyridine rings is 1. The van der Waals surface area contributed by atoms with E-state index in [0.29, 0.717) is 11.9 Å². The highest BCUT2D eigenvalue weighted by molar-refractivity contribution is 5.46. The van der Waals surface area contributed by atoms with Gasteiger partial charge in [-0.15, -0.1) is 0 Å². The molecule has 0 aromatic carbocycles. The van der Waals surface area contributed by atoms with Crippen LogP contribution in [0.1, 0.15) is 19.3 Å². The summed E-state index contributed by atoms with van der Waals surface area (Å²) in [4.78, 5) is 6.72. The Hall–Kier alpha value is -1.29. The second kappa shape index (κ2) is 4.53. The molecule has 0 spiro atoms. The molecule has 1 atom stereocenters. The van der Waals surface area contributed by atoms with Gasteiger partial charge in [-0.1, -0.05) is 0 Å². The van der Waals surface area contributed by atoms with Gasteiger partial charge in [0.1, 0.15) is 0 Å². The summed E-state index contributed by atoms with van der Waals surface area (Å²) in [6, 6.07) is 5.42. The van der Waals surface area contributed by atoms with Gasteiger partial charge in [-0.05, 0) is 25.3 Å². The maximum atomic E-state index is 5.13. The Morgan fingerprint density at radius 2 is 2.29 bits per heavy atom. The predicted molar refractivity (Wildman–Crippen MR) is 67.4 cm³/mol. The molecule has 92 valence electrons. The summed E-state index contributed by atoms with van der Waals surface area (Å²) in [5.74, 6) is 0.673. The monoisotopic (exact) mass is 233 g/mol. The standard InChI is InChI=1S/C13H19N3O/c1-17-13-8-10(4-6-14-13)15-11-5-7-16(9-11)12-2-3-12/h4,6,8,11-12H,2-3,5,7,9H2,1H3,(H,14,15). The zero-order valence-corrected chi connectivity index (χ0v) is 10.2. The first-order chi connectivity index (χ1) is 8.35. The molecule has 1 unspecified atom stereocenters. The molecule has 17 heavy (non-hydrogen) atoms. The maximum Gasteiger partial charge on any atom is 0.214 e. The van der Waals surface area contributed by atoms with Gasteiger partial charge in [0.2, 0.25) is 5.88 Å². The highest BCUT2D eigenvalue weighted by Gasteiger charge is 2.34. The number of nitrogens with one attached hydrogen (secondary N) is 1. The minimum Gasteiger partial charge on any atom is -0.481 e. The highest BCUT2D eigenvalue weighted by atomic mass is 16.5. The van der Waals surface area contributed by atoms with E-state index in [2.05, 4.69) is 15.2 Å². The third kappa shape index (κ3) is 2.52. The summed E-state index contributed by atoms with van der Waals surface area (Å²) in [5, 5.41) is 3.57. The molecule has 3 rings (SSSR count). The van der Waals surface area contributed by atoms with E-state index < -0.39 is 0 Å². The van der Waals surface area contributed by atoms with Crippen LogP contribution in [-0.2, 0) is 0 Å². The quantitative estimate of drug-likeness (QED) is 0.859. The van der Waals surface area contributed by atoms with Gasteiger partial charge in [0.05, 0.1) is 7.11 Å². The smallest absolute Gasteiger partial charge is 0.214 e. The van der Waals surface area contributed by atoms with Crippen LogP contribution in [0, 0.1) is 0 Å². The molecule has 1 aliphatic heterocycles. The van der Waals surface area contributed by atoms with Crippen LogP contribution >= 0.6 is 0 Å². The molecule has 1 saturated carbocycles. The van der Waals surface area contributed by atoms with Gasteiger partial charge in [0.25, 0.3) is 0 Å². The second-order valence-corrected chi connectivity index (χ2v) is 4.94. The highest BCUT2D eigenvalue weighted by Crippen LogP contribution is 2.30. The maximum absolute atomic E-state index is 5.13. The largest absolute Gasteiger partial charge is 0.481 e. The predicted octanol–water partition coefficient (Wildman–Crippen LogP) is 1.74. The van der Waals surface area contributed by atoms with Crippen molar-refractivity contribution in [2.24, 2.45) is 0 Å². The fourth-order valence-electron chi connectivity index (χ4n) is 2.52. The Morgan fingerprint density at radius 3 is 3.06 bits per heavy atom. The third-order valence-corrected chi connectivity index (χ3v) is 3.60. The Kier molecular flexibility index (Phi) is 2.89. The summed E-state index contributed by atoms with van der Waals surface area (Å²) in [6.45, 7) is 2.42. The van der Waals surface area contributed by atoms with Crippen molar-refractivity contribution in [1.82, 2.24) is 9.88 Å². The van der Waals surface area contributed by atoms with Gasteiger partial charge in [0, 0.05) is 43.1 Å². The number of rotatable bonds is 4. The fourth-order valence-corrected chi connectivity index (χ4v) is 2.52. The van der Waals surface area contributed by atoms with Crippen LogP contribution in [0.2, 0.25) is 0 Å². The lowest BCUT2D eigenvalue weighted by molar-refractivity contribution is 0.326.